The van der Waals surface area contributed by atoms with Gasteiger partial charge in [-0.05, 0) is 77.3 Å². The highest BCUT2D eigenvalue weighted by atomic mass is 127. The van der Waals surface area contributed by atoms with Crippen molar-refractivity contribution in [2.45, 2.75) is 70.1 Å². The standard InChI is InChI=1S/C22H30I.C16H14O5S/c1-7-21(3,4)17-9-13-19(14-10-17)23-20-15-11-18(12-16-20)22(5,6)8-2;1-20-15-11-5-3-4-6-12(11)16(21-2)14-9-10(22(17,18)19)7-8-13(14)15/h9-16H,7-8H2,1-6H3;3-9H,1-2H3,(H,17,18,19)/q+1;/p-1. The minimum absolute atomic E-state index is 0.0793. The molecule has 5 rings (SSSR count). The summed E-state index contributed by atoms with van der Waals surface area (Å²) in [7, 11) is -1.48. The molecule has 45 heavy (non-hydrogen) atoms. The van der Waals surface area contributed by atoms with Gasteiger partial charge in [0.1, 0.15) is 21.6 Å². The van der Waals surface area contributed by atoms with Gasteiger partial charge in [-0.3, -0.25) is 0 Å². The zero-order chi connectivity index (χ0) is 33.0. The minimum Gasteiger partial charge on any atom is -0.744 e. The Balaban J connectivity index is 0.000000205. The SMILES string of the molecule is CCC(C)(C)c1ccc([I+]c2ccc(C(C)(C)CC)cc2)cc1.COc1c2ccccc2c(OC)c2cc(S(=O)(=O)[O-])ccc12. The van der Waals surface area contributed by atoms with Crippen molar-refractivity contribution in [2.24, 2.45) is 0 Å². The zero-order valence-electron chi connectivity index (χ0n) is 27.4. The summed E-state index contributed by atoms with van der Waals surface area (Å²) in [6.45, 7) is 13.8. The Kier molecular flexibility index (Phi) is 10.9. The van der Waals surface area contributed by atoms with E-state index in [4.69, 9.17) is 9.47 Å². The third-order valence-electron chi connectivity index (χ3n) is 8.83. The molecule has 0 aliphatic heterocycles. The van der Waals surface area contributed by atoms with Gasteiger partial charge in [-0.15, -0.1) is 0 Å². The Labute approximate surface area is 279 Å². The van der Waals surface area contributed by atoms with Crippen molar-refractivity contribution in [3.05, 3.63) is 109 Å². The fraction of sp³-hybridized carbons (Fsp3) is 0.316. The highest BCUT2D eigenvalue weighted by Gasteiger charge is 2.23. The Hall–Kier alpha value is -3.14. The van der Waals surface area contributed by atoms with E-state index in [1.165, 1.54) is 50.4 Å². The van der Waals surface area contributed by atoms with Crippen molar-refractivity contribution < 1.29 is 43.6 Å². The van der Waals surface area contributed by atoms with Crippen LogP contribution in [0.3, 0.4) is 0 Å². The van der Waals surface area contributed by atoms with Crippen LogP contribution in [0.5, 0.6) is 11.5 Å². The molecule has 0 amide bonds. The molecule has 0 heterocycles. The van der Waals surface area contributed by atoms with Crippen LogP contribution < -0.4 is 30.7 Å². The lowest BCUT2D eigenvalue weighted by molar-refractivity contribution is -0.597. The van der Waals surface area contributed by atoms with Gasteiger partial charge in [0.25, 0.3) is 0 Å². The van der Waals surface area contributed by atoms with Crippen LogP contribution in [0.2, 0.25) is 0 Å². The fourth-order valence-electron chi connectivity index (χ4n) is 5.14. The van der Waals surface area contributed by atoms with E-state index >= 15 is 0 Å². The van der Waals surface area contributed by atoms with Crippen LogP contribution in [0, 0.1) is 7.14 Å². The molecule has 5 aromatic rings. The van der Waals surface area contributed by atoms with Crippen molar-refractivity contribution in [1.82, 2.24) is 0 Å². The van der Waals surface area contributed by atoms with E-state index in [9.17, 15) is 13.0 Å². The maximum Gasteiger partial charge on any atom is 0.357 e. The maximum atomic E-state index is 11.3. The molecule has 0 fully saturated rings. The second-order valence-corrected chi connectivity index (χ2v) is 16.8. The average Bonchev–Trinajstić information content (AvgIpc) is 3.03. The van der Waals surface area contributed by atoms with Gasteiger partial charge < -0.3 is 14.0 Å². The van der Waals surface area contributed by atoms with Crippen LogP contribution >= 0.6 is 0 Å². The molecule has 0 N–H and O–H groups in total. The van der Waals surface area contributed by atoms with Gasteiger partial charge >= 0.3 is 21.2 Å². The van der Waals surface area contributed by atoms with Crippen molar-refractivity contribution in [3.63, 3.8) is 0 Å². The monoisotopic (exact) mass is 738 g/mol. The van der Waals surface area contributed by atoms with Crippen molar-refractivity contribution in [2.75, 3.05) is 14.2 Å². The number of rotatable bonds is 9. The minimum atomic E-state index is -4.54. The van der Waals surface area contributed by atoms with Gasteiger partial charge in [0.2, 0.25) is 0 Å². The van der Waals surface area contributed by atoms with Gasteiger partial charge in [-0.2, -0.15) is 0 Å². The fourth-order valence-corrected chi connectivity index (χ4v) is 7.79. The van der Waals surface area contributed by atoms with Gasteiger partial charge in [-0.25, -0.2) is 8.42 Å². The summed E-state index contributed by atoms with van der Waals surface area (Å²) in [4.78, 5) is -0.296. The number of benzene rings is 5. The summed E-state index contributed by atoms with van der Waals surface area (Å²) >= 11 is -0.0793. The molecule has 0 bridgehead atoms. The van der Waals surface area contributed by atoms with Crippen molar-refractivity contribution in [1.29, 1.82) is 0 Å². The van der Waals surface area contributed by atoms with E-state index in [0.717, 1.165) is 10.8 Å². The molecule has 238 valence electrons. The van der Waals surface area contributed by atoms with Crippen LogP contribution in [0.25, 0.3) is 21.5 Å². The molecule has 0 unspecified atom stereocenters. The molecule has 0 aliphatic rings. The molecule has 0 saturated heterocycles. The Morgan fingerprint density at radius 2 is 1.02 bits per heavy atom. The van der Waals surface area contributed by atoms with E-state index in [2.05, 4.69) is 90.1 Å². The van der Waals surface area contributed by atoms with Crippen LogP contribution in [-0.2, 0) is 20.9 Å². The average molecular weight is 739 g/mol. The second kappa shape index (κ2) is 14.1. The van der Waals surface area contributed by atoms with Crippen LogP contribution in [0.1, 0.15) is 65.5 Å². The molecule has 0 spiro atoms. The highest BCUT2D eigenvalue weighted by Crippen LogP contribution is 2.43. The number of methoxy groups -OCH3 is 2. The molecule has 0 aliphatic carbocycles. The summed E-state index contributed by atoms with van der Waals surface area (Å²) in [5.41, 5.74) is 3.47. The highest BCUT2D eigenvalue weighted by molar-refractivity contribution is 7.85. The van der Waals surface area contributed by atoms with Crippen molar-refractivity contribution in [3.8, 4) is 11.5 Å². The molecular formula is C38H43IO5S. The quantitative estimate of drug-likeness (QED) is 0.104. The molecule has 7 heteroatoms. The normalized spacial score (nSPS) is 12.1. The molecular weight excluding hydrogens is 695 g/mol. The Morgan fingerprint density at radius 3 is 1.40 bits per heavy atom. The predicted octanol–water partition coefficient (Wildman–Crippen LogP) is 6.10. The number of fused-ring (bicyclic) bond motifs is 2. The molecule has 0 atom stereocenters. The molecule has 0 radical (unpaired) electrons. The summed E-state index contributed by atoms with van der Waals surface area (Å²) in [6.07, 6.45) is 2.35. The van der Waals surface area contributed by atoms with E-state index in [0.29, 0.717) is 22.3 Å². The smallest absolute Gasteiger partial charge is 0.357 e. The first kappa shape index (κ1) is 34.7. The number of ether oxygens (including phenoxy) is 2. The van der Waals surface area contributed by atoms with Crippen LogP contribution in [-0.4, -0.2) is 27.2 Å². The van der Waals surface area contributed by atoms with Crippen molar-refractivity contribution >= 4 is 31.7 Å². The summed E-state index contributed by atoms with van der Waals surface area (Å²) in [5, 5.41) is 2.85. The Bertz CT molecular complexity index is 1820. The lowest BCUT2D eigenvalue weighted by Gasteiger charge is -2.23. The first-order chi connectivity index (χ1) is 21.3. The maximum absolute atomic E-state index is 11.3. The number of halogens is 1. The third kappa shape index (κ3) is 7.81. The topological polar surface area (TPSA) is 75.7 Å². The first-order valence-electron chi connectivity index (χ1n) is 15.1. The molecule has 0 aromatic heterocycles. The van der Waals surface area contributed by atoms with Gasteiger partial charge in [0, 0.05) is 21.5 Å². The first-order valence-corrected chi connectivity index (χ1v) is 18.7. The zero-order valence-corrected chi connectivity index (χ0v) is 30.4. The number of hydrogen-bond acceptors (Lipinski definition) is 5. The van der Waals surface area contributed by atoms with Crippen LogP contribution in [0.15, 0.2) is 95.9 Å². The molecule has 0 saturated carbocycles. The Morgan fingerprint density at radius 1 is 0.622 bits per heavy atom. The summed E-state index contributed by atoms with van der Waals surface area (Å²) in [5.74, 6) is 1.12. The predicted molar refractivity (Wildman–Crippen MR) is 179 cm³/mol. The second-order valence-electron chi connectivity index (χ2n) is 12.4. The molecule has 5 nitrogen and oxygen atoms in total. The van der Waals surface area contributed by atoms with E-state index in [1.54, 1.807) is 13.2 Å². The lowest BCUT2D eigenvalue weighted by Crippen LogP contribution is -3.61. The van der Waals surface area contributed by atoms with E-state index < -0.39 is 10.1 Å². The number of hydrogen-bond donors (Lipinski definition) is 0. The summed E-state index contributed by atoms with van der Waals surface area (Å²) in [6, 6.07) is 30.3. The summed E-state index contributed by atoms with van der Waals surface area (Å²) < 4.78 is 47.7. The van der Waals surface area contributed by atoms with Gasteiger partial charge in [-0.1, -0.05) is 90.1 Å². The third-order valence-corrected chi connectivity index (χ3v) is 12.3. The van der Waals surface area contributed by atoms with Gasteiger partial charge in [0.15, 0.2) is 7.14 Å². The van der Waals surface area contributed by atoms with E-state index in [1.807, 2.05) is 24.3 Å². The molecule has 5 aromatic carbocycles. The lowest BCUT2D eigenvalue weighted by atomic mass is 9.82. The van der Waals surface area contributed by atoms with E-state index in [-0.39, 0.29) is 36.9 Å². The largest absolute Gasteiger partial charge is 0.744 e. The van der Waals surface area contributed by atoms with Crippen LogP contribution in [0.4, 0.5) is 0 Å². The van der Waals surface area contributed by atoms with Gasteiger partial charge in [0.05, 0.1) is 19.1 Å².